The van der Waals surface area contributed by atoms with E-state index in [9.17, 15) is 23.1 Å². The van der Waals surface area contributed by atoms with Crippen LogP contribution in [-0.4, -0.2) is 39.6 Å². The number of hydrogen-bond donors (Lipinski definition) is 1. The Morgan fingerprint density at radius 2 is 1.73 bits per heavy atom. The first-order chi connectivity index (χ1) is 17.4. The number of anilines is 1. The summed E-state index contributed by atoms with van der Waals surface area (Å²) in [4.78, 5) is 22.1. The standard InChI is InChI=1S/C26H27ClF3N3O4/c1-4-17-14-31-24(32-15-17)33(16-19-6-5-7-20(12-19)36-26(28,29)30)11-10-18-8-9-22(21(27)13-18)37-25(2,3)23(34)35/h5-9,12-15H,4,10-11,16H2,1-3H3,(H,34,35). The van der Waals surface area contributed by atoms with E-state index in [1.165, 1.54) is 32.0 Å². The third-order valence-corrected chi connectivity index (χ3v) is 5.73. The van der Waals surface area contributed by atoms with Crippen molar-refractivity contribution < 1.29 is 32.5 Å². The molecular weight excluding hydrogens is 511 g/mol. The lowest BCUT2D eigenvalue weighted by molar-refractivity contribution is -0.274. The molecule has 0 fully saturated rings. The van der Waals surface area contributed by atoms with Crippen LogP contribution in [-0.2, 0) is 24.2 Å². The van der Waals surface area contributed by atoms with E-state index >= 15 is 0 Å². The number of aliphatic carboxylic acids is 1. The average molecular weight is 538 g/mol. The Morgan fingerprint density at radius 1 is 1.03 bits per heavy atom. The summed E-state index contributed by atoms with van der Waals surface area (Å²) in [5, 5.41) is 9.54. The summed E-state index contributed by atoms with van der Waals surface area (Å²) in [6, 6.07) is 10.8. The smallest absolute Gasteiger partial charge is 0.478 e. The molecule has 0 saturated heterocycles. The summed E-state index contributed by atoms with van der Waals surface area (Å²) in [7, 11) is 0. The second-order valence-electron chi connectivity index (χ2n) is 8.79. The molecule has 0 aliphatic rings. The van der Waals surface area contributed by atoms with Gasteiger partial charge in [-0.2, -0.15) is 0 Å². The molecule has 0 saturated carbocycles. The van der Waals surface area contributed by atoms with Crippen LogP contribution >= 0.6 is 11.6 Å². The van der Waals surface area contributed by atoms with Crippen molar-refractivity contribution in [3.8, 4) is 11.5 Å². The van der Waals surface area contributed by atoms with E-state index in [-0.39, 0.29) is 23.1 Å². The number of alkyl halides is 3. The highest BCUT2D eigenvalue weighted by molar-refractivity contribution is 6.32. The highest BCUT2D eigenvalue weighted by Gasteiger charge is 2.31. The molecule has 2 aromatic carbocycles. The van der Waals surface area contributed by atoms with Crippen molar-refractivity contribution in [3.05, 3.63) is 76.6 Å². The molecule has 0 atom stereocenters. The van der Waals surface area contributed by atoms with Gasteiger partial charge in [0, 0.05) is 25.5 Å². The lowest BCUT2D eigenvalue weighted by Gasteiger charge is -2.24. The van der Waals surface area contributed by atoms with Gasteiger partial charge in [-0.25, -0.2) is 14.8 Å². The van der Waals surface area contributed by atoms with Gasteiger partial charge in [-0.05, 0) is 67.6 Å². The fourth-order valence-corrected chi connectivity index (χ4v) is 3.61. The fraction of sp³-hybridized carbons (Fsp3) is 0.346. The fourth-order valence-electron chi connectivity index (χ4n) is 3.37. The minimum atomic E-state index is -4.79. The Morgan fingerprint density at radius 3 is 2.32 bits per heavy atom. The first-order valence-electron chi connectivity index (χ1n) is 11.5. The van der Waals surface area contributed by atoms with E-state index in [1.807, 2.05) is 11.8 Å². The zero-order valence-electron chi connectivity index (χ0n) is 20.6. The second-order valence-corrected chi connectivity index (χ2v) is 9.20. The van der Waals surface area contributed by atoms with Crippen LogP contribution in [0.25, 0.3) is 0 Å². The maximum Gasteiger partial charge on any atom is 0.573 e. The summed E-state index contributed by atoms with van der Waals surface area (Å²) >= 11 is 6.34. The van der Waals surface area contributed by atoms with Crippen molar-refractivity contribution in [1.29, 1.82) is 0 Å². The topological polar surface area (TPSA) is 84.8 Å². The van der Waals surface area contributed by atoms with Crippen molar-refractivity contribution in [3.63, 3.8) is 0 Å². The predicted octanol–water partition coefficient (Wildman–Crippen LogP) is 6.08. The number of carboxylic acids is 1. The molecule has 1 N–H and O–H groups in total. The van der Waals surface area contributed by atoms with E-state index in [2.05, 4.69) is 14.7 Å². The lowest BCUT2D eigenvalue weighted by atomic mass is 10.1. The third-order valence-electron chi connectivity index (χ3n) is 5.44. The maximum absolute atomic E-state index is 12.7. The minimum Gasteiger partial charge on any atom is -0.478 e. The van der Waals surface area contributed by atoms with E-state index in [4.69, 9.17) is 16.3 Å². The predicted molar refractivity (Wildman–Crippen MR) is 133 cm³/mol. The first kappa shape index (κ1) is 28.0. The SMILES string of the molecule is CCc1cnc(N(CCc2ccc(OC(C)(C)C(=O)O)c(Cl)c2)Cc2cccc(OC(F)(F)F)c2)nc1. The normalized spacial score (nSPS) is 11.8. The number of carbonyl (C=O) groups is 1. The average Bonchev–Trinajstić information content (AvgIpc) is 2.82. The van der Waals surface area contributed by atoms with Crippen molar-refractivity contribution >= 4 is 23.5 Å². The molecule has 0 aliphatic heterocycles. The molecule has 198 valence electrons. The molecule has 0 amide bonds. The Balaban J connectivity index is 1.79. The molecule has 0 bridgehead atoms. The van der Waals surface area contributed by atoms with Crippen LogP contribution in [0.5, 0.6) is 11.5 Å². The highest BCUT2D eigenvalue weighted by atomic mass is 35.5. The molecule has 3 aromatic rings. The van der Waals surface area contributed by atoms with E-state index < -0.39 is 17.9 Å². The van der Waals surface area contributed by atoms with Crippen molar-refractivity contribution in [1.82, 2.24) is 9.97 Å². The first-order valence-corrected chi connectivity index (χ1v) is 11.9. The maximum atomic E-state index is 12.7. The van der Waals surface area contributed by atoms with Crippen molar-refractivity contribution in [2.24, 2.45) is 0 Å². The van der Waals surface area contributed by atoms with Crippen LogP contribution in [0, 0.1) is 0 Å². The summed E-state index contributed by atoms with van der Waals surface area (Å²) in [5.74, 6) is -0.760. The van der Waals surface area contributed by atoms with Gasteiger partial charge in [0.25, 0.3) is 0 Å². The van der Waals surface area contributed by atoms with Gasteiger partial charge in [0.2, 0.25) is 5.95 Å². The van der Waals surface area contributed by atoms with Crippen LogP contribution in [0.4, 0.5) is 19.1 Å². The van der Waals surface area contributed by atoms with Gasteiger partial charge in [0.1, 0.15) is 11.5 Å². The summed E-state index contributed by atoms with van der Waals surface area (Å²) in [5.41, 5.74) is 0.933. The minimum absolute atomic E-state index is 0.238. The molecule has 11 heteroatoms. The lowest BCUT2D eigenvalue weighted by Crippen LogP contribution is -2.37. The molecule has 3 rings (SSSR count). The Hall–Kier alpha value is -3.53. The zero-order valence-corrected chi connectivity index (χ0v) is 21.3. The van der Waals surface area contributed by atoms with Crippen molar-refractivity contribution in [2.45, 2.75) is 52.1 Å². The van der Waals surface area contributed by atoms with Gasteiger partial charge >= 0.3 is 12.3 Å². The number of nitrogens with zero attached hydrogens (tertiary/aromatic N) is 3. The highest BCUT2D eigenvalue weighted by Crippen LogP contribution is 2.30. The molecule has 37 heavy (non-hydrogen) atoms. The molecular formula is C26H27ClF3N3O4. The van der Waals surface area contributed by atoms with Crippen LogP contribution < -0.4 is 14.4 Å². The number of carboxylic acid groups (broad SMARTS) is 1. The number of benzene rings is 2. The van der Waals surface area contributed by atoms with Gasteiger partial charge in [-0.1, -0.05) is 36.7 Å². The summed E-state index contributed by atoms with van der Waals surface area (Å²) in [6.07, 6.45) is -0.0909. The molecule has 1 aromatic heterocycles. The number of aromatic nitrogens is 2. The Labute approximate surface area is 217 Å². The van der Waals surface area contributed by atoms with E-state index in [0.717, 1.165) is 17.5 Å². The third kappa shape index (κ3) is 8.24. The largest absolute Gasteiger partial charge is 0.573 e. The van der Waals surface area contributed by atoms with Gasteiger partial charge in [-0.3, -0.25) is 0 Å². The summed E-state index contributed by atoms with van der Waals surface area (Å²) < 4.78 is 47.6. The van der Waals surface area contributed by atoms with Gasteiger partial charge in [0.15, 0.2) is 5.60 Å². The van der Waals surface area contributed by atoms with Crippen LogP contribution in [0.15, 0.2) is 54.9 Å². The van der Waals surface area contributed by atoms with Crippen LogP contribution in [0.1, 0.15) is 37.5 Å². The van der Waals surface area contributed by atoms with E-state index in [0.29, 0.717) is 24.5 Å². The molecule has 0 radical (unpaired) electrons. The number of ether oxygens (including phenoxy) is 2. The molecule has 0 aliphatic carbocycles. The Kier molecular flexibility index (Phi) is 8.85. The second kappa shape index (κ2) is 11.7. The quantitative estimate of drug-likeness (QED) is 0.317. The molecule has 0 unspecified atom stereocenters. The number of hydrogen-bond acceptors (Lipinski definition) is 6. The van der Waals surface area contributed by atoms with E-state index in [1.54, 1.807) is 36.7 Å². The Bertz CT molecular complexity index is 1220. The van der Waals surface area contributed by atoms with Crippen LogP contribution in [0.3, 0.4) is 0 Å². The van der Waals surface area contributed by atoms with Crippen molar-refractivity contribution in [2.75, 3.05) is 11.4 Å². The molecule has 7 nitrogen and oxygen atoms in total. The van der Waals surface area contributed by atoms with Gasteiger partial charge < -0.3 is 19.5 Å². The van der Waals surface area contributed by atoms with Gasteiger partial charge in [0.05, 0.1) is 5.02 Å². The number of rotatable bonds is 11. The molecule has 1 heterocycles. The monoisotopic (exact) mass is 537 g/mol. The molecule has 0 spiro atoms. The summed E-state index contributed by atoms with van der Waals surface area (Å²) in [6.45, 7) is 5.50. The van der Waals surface area contributed by atoms with Crippen LogP contribution in [0.2, 0.25) is 5.02 Å². The zero-order chi connectivity index (χ0) is 27.2. The number of halogens is 4. The van der Waals surface area contributed by atoms with Gasteiger partial charge in [-0.15, -0.1) is 13.2 Å². The number of aryl methyl sites for hydroxylation is 1.